The fourth-order valence-corrected chi connectivity index (χ4v) is 2.61. The van der Waals surface area contributed by atoms with E-state index in [0.29, 0.717) is 25.5 Å². The Morgan fingerprint density at radius 3 is 2.07 bits per heavy atom. The smallest absolute Gasteiger partial charge is 0.412 e. The number of benzene rings is 2. The SMILES string of the molecule is [CH2]CCOCCc1ccc(OCCc2ccc(NC(=O)OC(C)(C)C)cc2)cc1. The molecule has 5 nitrogen and oxygen atoms in total. The maximum absolute atomic E-state index is 11.8. The van der Waals surface area contributed by atoms with Crippen molar-refractivity contribution in [3.05, 3.63) is 66.6 Å². The second kappa shape index (κ2) is 11.5. The van der Waals surface area contributed by atoms with E-state index in [1.54, 1.807) is 0 Å². The van der Waals surface area contributed by atoms with Gasteiger partial charge in [0, 0.05) is 18.7 Å². The van der Waals surface area contributed by atoms with Gasteiger partial charge in [-0.15, -0.1) is 0 Å². The molecule has 0 aliphatic heterocycles. The zero-order valence-corrected chi connectivity index (χ0v) is 17.7. The monoisotopic (exact) mass is 398 g/mol. The van der Waals surface area contributed by atoms with E-state index in [4.69, 9.17) is 14.2 Å². The van der Waals surface area contributed by atoms with Crippen LogP contribution < -0.4 is 10.1 Å². The first kappa shape index (κ1) is 22.8. The summed E-state index contributed by atoms with van der Waals surface area (Å²) in [5.41, 5.74) is 2.56. The van der Waals surface area contributed by atoms with Gasteiger partial charge in [-0.1, -0.05) is 31.2 Å². The fourth-order valence-electron chi connectivity index (χ4n) is 2.61. The molecular weight excluding hydrogens is 366 g/mol. The summed E-state index contributed by atoms with van der Waals surface area (Å²) in [7, 11) is 0. The number of amides is 1. The summed E-state index contributed by atoms with van der Waals surface area (Å²) < 4.78 is 16.5. The topological polar surface area (TPSA) is 56.8 Å². The number of ether oxygens (including phenoxy) is 3. The van der Waals surface area contributed by atoms with Crippen LogP contribution >= 0.6 is 0 Å². The second-order valence-corrected chi connectivity index (χ2v) is 7.78. The Morgan fingerprint density at radius 1 is 0.897 bits per heavy atom. The Balaban J connectivity index is 1.71. The maximum atomic E-state index is 11.8. The molecule has 2 aromatic carbocycles. The quantitative estimate of drug-likeness (QED) is 0.542. The molecule has 0 heterocycles. The van der Waals surface area contributed by atoms with Crippen LogP contribution in [-0.4, -0.2) is 31.5 Å². The molecule has 1 amide bonds. The summed E-state index contributed by atoms with van der Waals surface area (Å²) in [6.45, 7) is 11.3. The molecule has 5 heteroatoms. The minimum atomic E-state index is -0.514. The lowest BCUT2D eigenvalue weighted by molar-refractivity contribution is 0.0636. The molecule has 2 aromatic rings. The zero-order valence-electron chi connectivity index (χ0n) is 17.7. The van der Waals surface area contributed by atoms with Gasteiger partial charge in [-0.25, -0.2) is 4.79 Å². The highest BCUT2D eigenvalue weighted by Gasteiger charge is 2.16. The molecule has 1 radical (unpaired) electrons. The van der Waals surface area contributed by atoms with Crippen LogP contribution in [0, 0.1) is 6.92 Å². The maximum Gasteiger partial charge on any atom is 0.412 e. The molecular formula is C24H32NO4. The summed E-state index contributed by atoms with van der Waals surface area (Å²) in [4.78, 5) is 11.8. The minimum absolute atomic E-state index is 0.453. The van der Waals surface area contributed by atoms with E-state index in [1.807, 2.05) is 57.2 Å². The van der Waals surface area contributed by atoms with Gasteiger partial charge in [0.25, 0.3) is 0 Å². The molecule has 0 bridgehead atoms. The van der Waals surface area contributed by atoms with Gasteiger partial charge in [0.1, 0.15) is 11.4 Å². The van der Waals surface area contributed by atoms with Gasteiger partial charge in [-0.05, 0) is 69.0 Å². The summed E-state index contributed by atoms with van der Waals surface area (Å²) >= 11 is 0. The van der Waals surface area contributed by atoms with Gasteiger partial charge in [0.2, 0.25) is 0 Å². The molecule has 1 N–H and O–H groups in total. The normalized spacial score (nSPS) is 11.2. The van der Waals surface area contributed by atoms with Gasteiger partial charge in [-0.2, -0.15) is 0 Å². The molecule has 0 aromatic heterocycles. The summed E-state index contributed by atoms with van der Waals surface area (Å²) in [6.07, 6.45) is 2.03. The molecule has 0 fully saturated rings. The number of carbonyl (C=O) groups excluding carboxylic acids is 1. The van der Waals surface area contributed by atoms with E-state index in [9.17, 15) is 4.79 Å². The van der Waals surface area contributed by atoms with Crippen LogP contribution in [-0.2, 0) is 22.3 Å². The van der Waals surface area contributed by atoms with Crippen molar-refractivity contribution in [2.45, 2.75) is 45.6 Å². The first-order valence-electron chi connectivity index (χ1n) is 10.0. The van der Waals surface area contributed by atoms with Crippen LogP contribution in [0.4, 0.5) is 10.5 Å². The van der Waals surface area contributed by atoms with Crippen LogP contribution in [0.5, 0.6) is 5.75 Å². The van der Waals surface area contributed by atoms with Gasteiger partial charge < -0.3 is 14.2 Å². The van der Waals surface area contributed by atoms with E-state index < -0.39 is 11.7 Å². The Bertz CT molecular complexity index is 733. The van der Waals surface area contributed by atoms with Crippen LogP contribution in [0.15, 0.2) is 48.5 Å². The van der Waals surface area contributed by atoms with E-state index in [-0.39, 0.29) is 0 Å². The fraction of sp³-hybridized carbons (Fsp3) is 0.417. The average molecular weight is 399 g/mol. The number of hydrogen-bond donors (Lipinski definition) is 1. The molecule has 0 saturated carbocycles. The number of hydrogen-bond acceptors (Lipinski definition) is 4. The standard InChI is InChI=1S/C24H32NO4/c1-5-16-27-17-14-20-8-12-22(13-9-20)28-18-15-19-6-10-21(11-7-19)25-23(26)29-24(2,3)4/h6-13H,1,5,14-18H2,2-4H3,(H,25,26). The lowest BCUT2D eigenvalue weighted by Crippen LogP contribution is -2.27. The van der Waals surface area contributed by atoms with Gasteiger partial charge in [0.15, 0.2) is 0 Å². The lowest BCUT2D eigenvalue weighted by Gasteiger charge is -2.19. The predicted molar refractivity (Wildman–Crippen MR) is 116 cm³/mol. The highest BCUT2D eigenvalue weighted by Crippen LogP contribution is 2.15. The van der Waals surface area contributed by atoms with Crippen molar-refractivity contribution < 1.29 is 19.0 Å². The van der Waals surface area contributed by atoms with E-state index >= 15 is 0 Å². The lowest BCUT2D eigenvalue weighted by atomic mass is 10.1. The molecule has 0 spiro atoms. The minimum Gasteiger partial charge on any atom is -0.493 e. The highest BCUT2D eigenvalue weighted by molar-refractivity contribution is 5.84. The van der Waals surface area contributed by atoms with Gasteiger partial charge in [0.05, 0.1) is 13.2 Å². The van der Waals surface area contributed by atoms with Crippen molar-refractivity contribution in [1.82, 2.24) is 0 Å². The number of rotatable bonds is 10. The Morgan fingerprint density at radius 2 is 1.48 bits per heavy atom. The predicted octanol–water partition coefficient (Wildman–Crippen LogP) is 5.44. The van der Waals surface area contributed by atoms with Crippen molar-refractivity contribution >= 4 is 11.8 Å². The van der Waals surface area contributed by atoms with Crippen LogP contribution in [0.1, 0.15) is 38.3 Å². The number of carbonyl (C=O) groups is 1. The van der Waals surface area contributed by atoms with Crippen LogP contribution in [0.3, 0.4) is 0 Å². The van der Waals surface area contributed by atoms with Crippen LogP contribution in [0.25, 0.3) is 0 Å². The van der Waals surface area contributed by atoms with Crippen molar-refractivity contribution in [3.63, 3.8) is 0 Å². The van der Waals surface area contributed by atoms with E-state index in [0.717, 1.165) is 30.6 Å². The Kier molecular flexibility index (Phi) is 9.00. The zero-order chi connectivity index (χ0) is 21.1. The highest BCUT2D eigenvalue weighted by atomic mass is 16.6. The Hall–Kier alpha value is -2.53. The summed E-state index contributed by atoms with van der Waals surface area (Å²) in [5, 5.41) is 2.73. The molecule has 2 rings (SSSR count). The van der Waals surface area contributed by atoms with Gasteiger partial charge >= 0.3 is 6.09 Å². The summed E-state index contributed by atoms with van der Waals surface area (Å²) in [5.74, 6) is 0.857. The third-order valence-electron chi connectivity index (χ3n) is 4.01. The molecule has 0 aliphatic carbocycles. The van der Waals surface area contributed by atoms with Crippen molar-refractivity contribution in [2.24, 2.45) is 0 Å². The number of nitrogens with one attached hydrogen (secondary N) is 1. The molecule has 157 valence electrons. The molecule has 0 saturated heterocycles. The largest absolute Gasteiger partial charge is 0.493 e. The van der Waals surface area contributed by atoms with Crippen LogP contribution in [0.2, 0.25) is 0 Å². The first-order chi connectivity index (χ1) is 13.9. The van der Waals surface area contributed by atoms with Gasteiger partial charge in [-0.3, -0.25) is 5.32 Å². The third kappa shape index (κ3) is 9.48. The second-order valence-electron chi connectivity index (χ2n) is 7.78. The van der Waals surface area contributed by atoms with Crippen molar-refractivity contribution in [1.29, 1.82) is 0 Å². The van der Waals surface area contributed by atoms with E-state index in [2.05, 4.69) is 24.4 Å². The average Bonchev–Trinajstić information content (AvgIpc) is 2.66. The first-order valence-corrected chi connectivity index (χ1v) is 10.0. The van der Waals surface area contributed by atoms with Crippen molar-refractivity contribution in [2.75, 3.05) is 25.1 Å². The molecule has 29 heavy (non-hydrogen) atoms. The molecule has 0 aliphatic rings. The number of anilines is 1. The summed E-state index contributed by atoms with van der Waals surface area (Å²) in [6, 6.07) is 15.8. The Labute approximate surface area is 174 Å². The van der Waals surface area contributed by atoms with Crippen molar-refractivity contribution in [3.8, 4) is 5.75 Å². The third-order valence-corrected chi connectivity index (χ3v) is 4.01. The van der Waals surface area contributed by atoms with E-state index in [1.165, 1.54) is 5.56 Å². The molecule has 0 unspecified atom stereocenters. The molecule has 0 atom stereocenters.